The Balaban J connectivity index is 2.27. The molecule has 0 spiro atoms. The van der Waals surface area contributed by atoms with Gasteiger partial charge in [0.15, 0.2) is 6.29 Å². The monoisotopic (exact) mass is 191 g/mol. The van der Waals surface area contributed by atoms with Crippen molar-refractivity contribution < 1.29 is 9.47 Å². The van der Waals surface area contributed by atoms with E-state index in [4.69, 9.17) is 9.47 Å². The molecule has 2 heteroatoms. The first-order valence-electron chi connectivity index (χ1n) is 4.88. The van der Waals surface area contributed by atoms with Crippen LogP contribution >= 0.6 is 0 Å². The maximum absolute atomic E-state index is 5.66. The molecule has 3 atom stereocenters. The minimum Gasteiger partial charge on any atom is -0.347 e. The predicted octanol–water partition coefficient (Wildman–Crippen LogP) is 2.63. The Kier molecular flexibility index (Phi) is 2.57. The van der Waals surface area contributed by atoms with Gasteiger partial charge in [-0.2, -0.15) is 0 Å². The summed E-state index contributed by atoms with van der Waals surface area (Å²) in [6.45, 7) is 7.92. The molecule has 1 aliphatic rings. The van der Waals surface area contributed by atoms with Gasteiger partial charge in [0.1, 0.15) is 6.10 Å². The largest absolute Gasteiger partial charge is 0.347 e. The normalized spacial score (nSPS) is 32.1. The van der Waals surface area contributed by atoms with E-state index in [0.717, 1.165) is 0 Å². The first kappa shape index (κ1) is 9.69. The summed E-state index contributed by atoms with van der Waals surface area (Å²) in [4.78, 5) is 0. The minimum absolute atomic E-state index is 0.0220. The Labute approximate surface area is 84.8 Å². The molecular weight excluding hydrogens is 176 g/mol. The van der Waals surface area contributed by atoms with Crippen LogP contribution < -0.4 is 0 Å². The third-order valence-corrected chi connectivity index (χ3v) is 2.54. The zero-order chi connectivity index (χ0) is 10.1. The van der Waals surface area contributed by atoms with Crippen LogP contribution in [0.4, 0.5) is 0 Å². The average Bonchev–Trinajstić information content (AvgIpc) is 2.46. The van der Waals surface area contributed by atoms with Crippen LogP contribution in [-0.2, 0) is 9.47 Å². The van der Waals surface area contributed by atoms with E-state index in [1.807, 2.05) is 19.1 Å². The van der Waals surface area contributed by atoms with Crippen LogP contribution in [-0.4, -0.2) is 12.4 Å². The van der Waals surface area contributed by atoms with Crippen LogP contribution in [0.5, 0.6) is 0 Å². The molecule has 1 aromatic carbocycles. The Morgan fingerprint density at radius 1 is 1.21 bits per heavy atom. The van der Waals surface area contributed by atoms with E-state index >= 15 is 0 Å². The van der Waals surface area contributed by atoms with Gasteiger partial charge >= 0.3 is 0 Å². The molecule has 0 N–H and O–H groups in total. The zero-order valence-corrected chi connectivity index (χ0v) is 8.57. The highest BCUT2D eigenvalue weighted by molar-refractivity contribution is 5.29. The second-order valence-electron chi connectivity index (χ2n) is 3.66. The minimum atomic E-state index is -0.151. The van der Waals surface area contributed by atoms with Crippen LogP contribution in [0, 0.1) is 13.8 Å². The Morgan fingerprint density at radius 2 is 1.93 bits per heavy atom. The van der Waals surface area contributed by atoms with Crippen LogP contribution in [0.25, 0.3) is 0 Å². The quantitative estimate of drug-likeness (QED) is 0.679. The highest BCUT2D eigenvalue weighted by Crippen LogP contribution is 2.33. The van der Waals surface area contributed by atoms with Gasteiger partial charge in [-0.1, -0.05) is 24.3 Å². The summed E-state index contributed by atoms with van der Waals surface area (Å²) in [7, 11) is 0. The zero-order valence-electron chi connectivity index (χ0n) is 8.57. The molecule has 1 aliphatic heterocycles. The van der Waals surface area contributed by atoms with Crippen molar-refractivity contribution in [1.29, 1.82) is 0 Å². The first-order chi connectivity index (χ1) is 6.68. The van der Waals surface area contributed by atoms with Gasteiger partial charge in [0.2, 0.25) is 0 Å². The van der Waals surface area contributed by atoms with Gasteiger partial charge < -0.3 is 9.47 Å². The van der Waals surface area contributed by atoms with E-state index in [2.05, 4.69) is 26.0 Å². The molecule has 0 aliphatic carbocycles. The molecule has 2 nitrogen and oxygen atoms in total. The molecule has 0 saturated carbocycles. The lowest BCUT2D eigenvalue weighted by atomic mass is 10.0. The summed E-state index contributed by atoms with van der Waals surface area (Å²) < 4.78 is 11.1. The number of hydrogen-bond donors (Lipinski definition) is 0. The SMILES string of the molecule is [CH2][C@@H]1OC(C)O[C@H]1c1ccccc1C. The molecule has 1 radical (unpaired) electrons. The highest BCUT2D eigenvalue weighted by Gasteiger charge is 2.32. The van der Waals surface area contributed by atoms with Gasteiger partial charge in [-0.3, -0.25) is 0 Å². The lowest BCUT2D eigenvalue weighted by Crippen LogP contribution is -2.11. The van der Waals surface area contributed by atoms with Gasteiger partial charge in [-0.05, 0) is 31.9 Å². The predicted molar refractivity (Wildman–Crippen MR) is 54.7 cm³/mol. The van der Waals surface area contributed by atoms with Crippen LogP contribution in [0.1, 0.15) is 24.2 Å². The van der Waals surface area contributed by atoms with E-state index in [1.165, 1.54) is 11.1 Å². The topological polar surface area (TPSA) is 18.5 Å². The summed E-state index contributed by atoms with van der Waals surface area (Å²) in [5.41, 5.74) is 2.40. The molecule has 0 bridgehead atoms. The third-order valence-electron chi connectivity index (χ3n) is 2.54. The molecule has 75 valence electrons. The molecule has 1 saturated heterocycles. The maximum Gasteiger partial charge on any atom is 0.156 e. The van der Waals surface area contributed by atoms with Crippen LogP contribution in [0.15, 0.2) is 24.3 Å². The lowest BCUT2D eigenvalue weighted by molar-refractivity contribution is -0.0475. The van der Waals surface area contributed by atoms with Crippen molar-refractivity contribution in [3.05, 3.63) is 42.3 Å². The van der Waals surface area contributed by atoms with Crippen LogP contribution in [0.2, 0.25) is 0 Å². The molecule has 1 heterocycles. The fraction of sp³-hybridized carbons (Fsp3) is 0.417. The number of ether oxygens (including phenoxy) is 2. The summed E-state index contributed by atoms with van der Waals surface area (Å²) in [6, 6.07) is 8.19. The van der Waals surface area contributed by atoms with E-state index in [-0.39, 0.29) is 18.5 Å². The van der Waals surface area contributed by atoms with Crippen molar-refractivity contribution in [3.63, 3.8) is 0 Å². The summed E-state index contributed by atoms with van der Waals surface area (Å²) in [6.07, 6.45) is -0.278. The Morgan fingerprint density at radius 3 is 2.50 bits per heavy atom. The van der Waals surface area contributed by atoms with Gasteiger partial charge in [0, 0.05) is 0 Å². The number of benzene rings is 1. The second-order valence-corrected chi connectivity index (χ2v) is 3.66. The standard InChI is InChI=1S/C12H15O2/c1-8-6-4-5-7-11(8)12-9(2)13-10(3)14-12/h4-7,9-10,12H,2H2,1,3H3/t9-,10?,12+/m0/s1. The summed E-state index contributed by atoms with van der Waals surface area (Å²) in [5, 5.41) is 0. The fourth-order valence-electron chi connectivity index (χ4n) is 1.82. The molecule has 0 amide bonds. The molecule has 14 heavy (non-hydrogen) atoms. The van der Waals surface area contributed by atoms with Crippen molar-refractivity contribution in [1.82, 2.24) is 0 Å². The van der Waals surface area contributed by atoms with Crippen molar-refractivity contribution >= 4 is 0 Å². The van der Waals surface area contributed by atoms with Crippen LogP contribution in [0.3, 0.4) is 0 Å². The number of rotatable bonds is 1. The van der Waals surface area contributed by atoms with E-state index in [9.17, 15) is 0 Å². The number of hydrogen-bond acceptors (Lipinski definition) is 2. The maximum atomic E-state index is 5.66. The number of aryl methyl sites for hydroxylation is 1. The molecule has 0 aromatic heterocycles. The van der Waals surface area contributed by atoms with E-state index in [1.54, 1.807) is 0 Å². The third kappa shape index (κ3) is 1.68. The summed E-state index contributed by atoms with van der Waals surface area (Å²) in [5.74, 6) is 0. The lowest BCUT2D eigenvalue weighted by Gasteiger charge is -2.15. The summed E-state index contributed by atoms with van der Waals surface area (Å²) >= 11 is 0. The Bertz CT molecular complexity index is 322. The fourth-order valence-corrected chi connectivity index (χ4v) is 1.82. The van der Waals surface area contributed by atoms with E-state index in [0.29, 0.717) is 0 Å². The highest BCUT2D eigenvalue weighted by atomic mass is 16.7. The second kappa shape index (κ2) is 3.71. The average molecular weight is 191 g/mol. The van der Waals surface area contributed by atoms with Crippen molar-refractivity contribution in [2.75, 3.05) is 0 Å². The molecule has 1 unspecified atom stereocenters. The van der Waals surface area contributed by atoms with Gasteiger partial charge in [-0.25, -0.2) is 0 Å². The molecule has 1 fully saturated rings. The van der Waals surface area contributed by atoms with Crippen molar-refractivity contribution in [2.45, 2.75) is 32.3 Å². The Hall–Kier alpha value is -0.860. The van der Waals surface area contributed by atoms with Gasteiger partial charge in [0.05, 0.1) is 6.10 Å². The van der Waals surface area contributed by atoms with Crippen molar-refractivity contribution in [2.24, 2.45) is 0 Å². The smallest absolute Gasteiger partial charge is 0.156 e. The molecule has 2 rings (SSSR count). The molecule has 1 aromatic rings. The van der Waals surface area contributed by atoms with Gasteiger partial charge in [0.25, 0.3) is 0 Å². The van der Waals surface area contributed by atoms with Crippen molar-refractivity contribution in [3.8, 4) is 0 Å². The van der Waals surface area contributed by atoms with E-state index < -0.39 is 0 Å². The molecular formula is C12H15O2. The first-order valence-corrected chi connectivity index (χ1v) is 4.88. The van der Waals surface area contributed by atoms with Gasteiger partial charge in [-0.15, -0.1) is 0 Å².